The van der Waals surface area contributed by atoms with Crippen LogP contribution in [-0.4, -0.2) is 27.5 Å². The highest BCUT2D eigenvalue weighted by molar-refractivity contribution is 7.89. The van der Waals surface area contributed by atoms with Crippen LogP contribution in [0.2, 0.25) is 5.02 Å². The summed E-state index contributed by atoms with van der Waals surface area (Å²) in [7, 11) is -3.99. The number of benzene rings is 1. The van der Waals surface area contributed by atoms with E-state index < -0.39 is 15.9 Å². The van der Waals surface area contributed by atoms with Gasteiger partial charge in [-0.15, -0.1) is 6.42 Å². The zero-order valence-corrected chi connectivity index (χ0v) is 11.3. The van der Waals surface area contributed by atoms with Crippen LogP contribution in [0.5, 0.6) is 5.75 Å². The molecule has 1 rings (SSSR count). The normalized spacial score (nSPS) is 10.6. The van der Waals surface area contributed by atoms with Crippen LogP contribution in [0, 0.1) is 12.3 Å². The molecule has 6 nitrogen and oxygen atoms in total. The van der Waals surface area contributed by atoms with Gasteiger partial charge in [0, 0.05) is 5.02 Å². The van der Waals surface area contributed by atoms with Gasteiger partial charge < -0.3 is 10.1 Å². The molecule has 0 unspecified atom stereocenters. The highest BCUT2D eigenvalue weighted by Gasteiger charge is 2.16. The van der Waals surface area contributed by atoms with Crippen molar-refractivity contribution >= 4 is 27.5 Å². The van der Waals surface area contributed by atoms with E-state index in [-0.39, 0.29) is 28.8 Å². The topological polar surface area (TPSA) is 98.5 Å². The summed E-state index contributed by atoms with van der Waals surface area (Å²) in [6.07, 6.45) is 4.97. The van der Waals surface area contributed by atoms with Crippen molar-refractivity contribution in [3.05, 3.63) is 23.2 Å². The number of nitrogens with one attached hydrogen (secondary N) is 1. The Kier molecular flexibility index (Phi) is 5.18. The Morgan fingerprint density at radius 1 is 1.53 bits per heavy atom. The molecule has 8 heteroatoms. The molecule has 0 aliphatic heterocycles. The Labute approximate surface area is 115 Å². The van der Waals surface area contributed by atoms with Crippen LogP contribution in [-0.2, 0) is 14.8 Å². The number of primary sulfonamides is 1. The molecule has 1 aromatic rings. The summed E-state index contributed by atoms with van der Waals surface area (Å²) in [6.45, 7) is -0.323. The predicted octanol–water partition coefficient (Wildman–Crippen LogP) is 0.116. The fourth-order valence-electron chi connectivity index (χ4n) is 1.17. The van der Waals surface area contributed by atoms with Gasteiger partial charge in [-0.25, -0.2) is 13.6 Å². The van der Waals surface area contributed by atoms with Crippen molar-refractivity contribution in [2.24, 2.45) is 5.14 Å². The smallest absolute Gasteiger partial charge is 0.258 e. The molecule has 0 saturated carbocycles. The number of terminal acetylenes is 1. The average Bonchev–Trinajstić information content (AvgIpc) is 2.33. The lowest BCUT2D eigenvalue weighted by Crippen LogP contribution is -2.29. The number of sulfonamides is 1. The van der Waals surface area contributed by atoms with Crippen molar-refractivity contribution in [1.29, 1.82) is 0 Å². The van der Waals surface area contributed by atoms with Crippen LogP contribution in [0.4, 0.5) is 0 Å². The molecule has 1 aromatic carbocycles. The summed E-state index contributed by atoms with van der Waals surface area (Å²) in [5, 5.41) is 7.57. The molecule has 0 fully saturated rings. The first kappa shape index (κ1) is 15.3. The van der Waals surface area contributed by atoms with Crippen LogP contribution in [0.3, 0.4) is 0 Å². The Hall–Kier alpha value is -1.75. The van der Waals surface area contributed by atoms with Gasteiger partial charge in [-0.1, -0.05) is 17.5 Å². The molecule has 0 aliphatic carbocycles. The second-order valence-corrected chi connectivity index (χ2v) is 5.37. The molecule has 0 spiro atoms. The Morgan fingerprint density at radius 3 is 2.79 bits per heavy atom. The second kappa shape index (κ2) is 6.43. The fourth-order valence-corrected chi connectivity index (χ4v) is 2.10. The monoisotopic (exact) mass is 302 g/mol. The van der Waals surface area contributed by atoms with Crippen molar-refractivity contribution in [2.45, 2.75) is 4.90 Å². The molecular weight excluding hydrogens is 292 g/mol. The minimum Gasteiger partial charge on any atom is -0.482 e. The summed E-state index contributed by atoms with van der Waals surface area (Å²) in [5.74, 6) is 1.69. The molecular formula is C11H11ClN2O4S. The maximum atomic E-state index is 11.3. The quantitative estimate of drug-likeness (QED) is 0.755. The standard InChI is InChI=1S/C11H11ClN2O4S/c1-2-5-14-11(15)7-18-9-4-3-8(12)6-10(9)19(13,16)17/h1,3-4,6H,5,7H2,(H,14,15)(H2,13,16,17). The van der Waals surface area contributed by atoms with Crippen molar-refractivity contribution in [1.82, 2.24) is 5.32 Å². The third-order valence-corrected chi connectivity index (χ3v) is 3.13. The molecule has 0 atom stereocenters. The predicted molar refractivity (Wildman–Crippen MR) is 70.2 cm³/mol. The zero-order chi connectivity index (χ0) is 14.5. The van der Waals surface area contributed by atoms with Crippen LogP contribution in [0.25, 0.3) is 0 Å². The Balaban J connectivity index is 2.85. The lowest BCUT2D eigenvalue weighted by Gasteiger charge is -2.10. The van der Waals surface area contributed by atoms with Crippen LogP contribution in [0.15, 0.2) is 23.1 Å². The molecule has 3 N–H and O–H groups in total. The lowest BCUT2D eigenvalue weighted by molar-refractivity contribution is -0.122. The number of rotatable bonds is 5. The van der Waals surface area contributed by atoms with Gasteiger partial charge >= 0.3 is 0 Å². The minimum absolute atomic E-state index is 0.0530. The first-order valence-corrected chi connectivity index (χ1v) is 6.92. The first-order chi connectivity index (χ1) is 8.84. The van der Waals surface area contributed by atoms with Gasteiger partial charge in [0.2, 0.25) is 10.0 Å². The number of ether oxygens (including phenoxy) is 1. The highest BCUT2D eigenvalue weighted by Crippen LogP contribution is 2.26. The van der Waals surface area contributed by atoms with E-state index in [1.54, 1.807) is 0 Å². The Bertz CT molecular complexity index is 622. The van der Waals surface area contributed by atoms with E-state index in [0.717, 1.165) is 6.07 Å². The van der Waals surface area contributed by atoms with Crippen molar-refractivity contribution in [3.63, 3.8) is 0 Å². The van der Waals surface area contributed by atoms with E-state index in [4.69, 9.17) is 27.9 Å². The average molecular weight is 303 g/mol. The third kappa shape index (κ3) is 4.79. The van der Waals surface area contributed by atoms with Crippen molar-refractivity contribution < 1.29 is 17.9 Å². The van der Waals surface area contributed by atoms with Gasteiger partial charge in [0.25, 0.3) is 5.91 Å². The Morgan fingerprint density at radius 2 is 2.21 bits per heavy atom. The molecule has 0 aliphatic rings. The van der Waals surface area contributed by atoms with Gasteiger partial charge in [-0.2, -0.15) is 0 Å². The number of hydrogen-bond acceptors (Lipinski definition) is 4. The highest BCUT2D eigenvalue weighted by atomic mass is 35.5. The maximum absolute atomic E-state index is 11.3. The summed E-state index contributed by atoms with van der Waals surface area (Å²) in [4.78, 5) is 11.0. The molecule has 0 radical (unpaired) electrons. The fraction of sp³-hybridized carbons (Fsp3) is 0.182. The van der Waals surface area contributed by atoms with E-state index in [9.17, 15) is 13.2 Å². The maximum Gasteiger partial charge on any atom is 0.258 e. The molecule has 1 amide bonds. The summed E-state index contributed by atoms with van der Waals surface area (Å²) >= 11 is 5.68. The summed E-state index contributed by atoms with van der Waals surface area (Å²) in [5.41, 5.74) is 0. The molecule has 19 heavy (non-hydrogen) atoms. The third-order valence-electron chi connectivity index (χ3n) is 1.96. The van der Waals surface area contributed by atoms with E-state index in [1.165, 1.54) is 12.1 Å². The summed E-state index contributed by atoms with van der Waals surface area (Å²) < 4.78 is 27.7. The van der Waals surface area contributed by atoms with Gasteiger partial charge in [-0.3, -0.25) is 4.79 Å². The van der Waals surface area contributed by atoms with Crippen LogP contribution >= 0.6 is 11.6 Å². The zero-order valence-electron chi connectivity index (χ0n) is 9.72. The first-order valence-electron chi connectivity index (χ1n) is 5.00. The van der Waals surface area contributed by atoms with E-state index in [0.29, 0.717) is 0 Å². The molecule has 0 aromatic heterocycles. The molecule has 0 saturated heterocycles. The van der Waals surface area contributed by atoms with Crippen molar-refractivity contribution in [2.75, 3.05) is 13.2 Å². The number of amides is 1. The van der Waals surface area contributed by atoms with E-state index in [2.05, 4.69) is 11.2 Å². The number of nitrogens with two attached hydrogens (primary N) is 1. The van der Waals surface area contributed by atoms with E-state index >= 15 is 0 Å². The number of carbonyl (C=O) groups excluding carboxylic acids is 1. The van der Waals surface area contributed by atoms with Gasteiger partial charge in [0.15, 0.2) is 6.61 Å². The van der Waals surface area contributed by atoms with E-state index in [1.807, 2.05) is 0 Å². The largest absolute Gasteiger partial charge is 0.482 e. The molecule has 102 valence electrons. The van der Waals surface area contributed by atoms with Crippen LogP contribution in [0.1, 0.15) is 0 Å². The molecule has 0 heterocycles. The number of halogens is 1. The van der Waals surface area contributed by atoms with Crippen LogP contribution < -0.4 is 15.2 Å². The number of carbonyl (C=O) groups is 1. The lowest BCUT2D eigenvalue weighted by atomic mass is 10.3. The minimum atomic E-state index is -3.99. The van der Waals surface area contributed by atoms with Crippen molar-refractivity contribution in [3.8, 4) is 18.1 Å². The van der Waals surface area contributed by atoms with Gasteiger partial charge in [0.1, 0.15) is 10.6 Å². The van der Waals surface area contributed by atoms with Gasteiger partial charge in [-0.05, 0) is 18.2 Å². The second-order valence-electron chi connectivity index (χ2n) is 3.41. The number of hydrogen-bond donors (Lipinski definition) is 2. The van der Waals surface area contributed by atoms with Gasteiger partial charge in [0.05, 0.1) is 6.54 Å². The summed E-state index contributed by atoms with van der Waals surface area (Å²) in [6, 6.07) is 3.88. The SMILES string of the molecule is C#CCNC(=O)COc1ccc(Cl)cc1S(N)(=O)=O. The molecule has 0 bridgehead atoms.